The fraction of sp³-hybridized carbons (Fsp3) is 0.632. The third-order valence-electron chi connectivity index (χ3n) is 4.34. The van der Waals surface area contributed by atoms with Gasteiger partial charge in [-0.3, -0.25) is 4.99 Å². The highest BCUT2D eigenvalue weighted by Gasteiger charge is 2.24. The van der Waals surface area contributed by atoms with Crippen molar-refractivity contribution in [3.05, 3.63) is 23.8 Å². The summed E-state index contributed by atoms with van der Waals surface area (Å²) in [5.74, 6) is 3.08. The molecule has 0 spiro atoms. The van der Waals surface area contributed by atoms with Crippen LogP contribution in [-0.2, 0) is 11.3 Å². The lowest BCUT2D eigenvalue weighted by Crippen LogP contribution is -2.39. The Morgan fingerprint density at radius 3 is 2.77 bits per heavy atom. The number of benzene rings is 1. The quantitative estimate of drug-likeness (QED) is 0.354. The molecule has 1 aliphatic heterocycles. The van der Waals surface area contributed by atoms with Crippen LogP contribution in [0.3, 0.4) is 0 Å². The fourth-order valence-electron chi connectivity index (χ4n) is 3.06. The highest BCUT2D eigenvalue weighted by molar-refractivity contribution is 14.0. The molecule has 1 atom stereocenters. The second-order valence-corrected chi connectivity index (χ2v) is 6.29. The Morgan fingerprint density at radius 1 is 1.31 bits per heavy atom. The first-order valence-electron chi connectivity index (χ1n) is 8.96. The maximum atomic E-state index is 5.71. The van der Waals surface area contributed by atoms with Gasteiger partial charge >= 0.3 is 0 Å². The molecule has 1 heterocycles. The largest absolute Gasteiger partial charge is 0.493 e. The lowest BCUT2D eigenvalue weighted by molar-refractivity contribution is 0.157. The molecule has 148 valence electrons. The summed E-state index contributed by atoms with van der Waals surface area (Å²) in [4.78, 5) is 6.71. The molecule has 0 bridgehead atoms. The first-order valence-corrected chi connectivity index (χ1v) is 8.96. The lowest BCUT2D eigenvalue weighted by atomic mass is 10.1. The van der Waals surface area contributed by atoms with Crippen LogP contribution in [0.1, 0.15) is 25.3 Å². The molecule has 2 rings (SSSR count). The van der Waals surface area contributed by atoms with Crippen molar-refractivity contribution in [3.8, 4) is 11.5 Å². The van der Waals surface area contributed by atoms with Crippen LogP contribution < -0.4 is 14.8 Å². The molecule has 1 aromatic rings. The molecule has 0 aromatic heterocycles. The van der Waals surface area contributed by atoms with Crippen LogP contribution in [-0.4, -0.2) is 58.4 Å². The van der Waals surface area contributed by atoms with Gasteiger partial charge in [0, 0.05) is 39.7 Å². The number of ether oxygens (including phenoxy) is 3. The van der Waals surface area contributed by atoms with Crippen molar-refractivity contribution >= 4 is 29.9 Å². The first-order chi connectivity index (χ1) is 12.2. The topological polar surface area (TPSA) is 55.3 Å². The standard InChI is InChI=1S/C19H31N3O3.HI/c1-5-10-25-17-7-6-15(11-18(17)24-4)12-21-19(20-2)22-9-8-16(13-22)14-23-3;/h6-7,11,16H,5,8-10,12-14H2,1-4H3,(H,20,21);1H. The summed E-state index contributed by atoms with van der Waals surface area (Å²) in [6.07, 6.45) is 2.12. The second-order valence-electron chi connectivity index (χ2n) is 6.29. The van der Waals surface area contributed by atoms with E-state index in [0.29, 0.717) is 19.1 Å². The summed E-state index contributed by atoms with van der Waals surface area (Å²) >= 11 is 0. The number of hydrogen-bond acceptors (Lipinski definition) is 4. The van der Waals surface area contributed by atoms with Crippen LogP contribution in [0.5, 0.6) is 11.5 Å². The Hall–Kier alpha value is -1.22. The zero-order chi connectivity index (χ0) is 18.1. The molecule has 1 saturated heterocycles. The molecule has 0 aliphatic carbocycles. The van der Waals surface area contributed by atoms with E-state index in [-0.39, 0.29) is 24.0 Å². The zero-order valence-corrected chi connectivity index (χ0v) is 18.6. The number of nitrogens with zero attached hydrogens (tertiary/aromatic N) is 2. The van der Waals surface area contributed by atoms with E-state index in [1.807, 2.05) is 19.2 Å². The third-order valence-corrected chi connectivity index (χ3v) is 4.34. The number of guanidine groups is 1. The minimum absolute atomic E-state index is 0. The van der Waals surface area contributed by atoms with E-state index in [9.17, 15) is 0 Å². The van der Waals surface area contributed by atoms with Gasteiger partial charge in [0.1, 0.15) is 0 Å². The summed E-state index contributed by atoms with van der Waals surface area (Å²) in [6.45, 7) is 6.29. The average molecular weight is 477 g/mol. The molecule has 26 heavy (non-hydrogen) atoms. The average Bonchev–Trinajstić information content (AvgIpc) is 3.09. The van der Waals surface area contributed by atoms with Crippen LogP contribution in [0, 0.1) is 5.92 Å². The summed E-state index contributed by atoms with van der Waals surface area (Å²) in [7, 11) is 5.26. The van der Waals surface area contributed by atoms with E-state index < -0.39 is 0 Å². The van der Waals surface area contributed by atoms with Crippen molar-refractivity contribution in [1.29, 1.82) is 0 Å². The molecule has 0 saturated carbocycles. The molecule has 1 aliphatic rings. The van der Waals surface area contributed by atoms with Crippen molar-refractivity contribution in [2.45, 2.75) is 26.3 Å². The Kier molecular flexibility index (Phi) is 10.7. The number of likely N-dealkylation sites (tertiary alicyclic amines) is 1. The van der Waals surface area contributed by atoms with Gasteiger partial charge in [0.2, 0.25) is 0 Å². The van der Waals surface area contributed by atoms with E-state index in [4.69, 9.17) is 14.2 Å². The number of aliphatic imine (C=N–C) groups is 1. The fourth-order valence-corrected chi connectivity index (χ4v) is 3.06. The zero-order valence-electron chi connectivity index (χ0n) is 16.3. The Bertz CT molecular complexity index is 569. The molecule has 1 N–H and O–H groups in total. The second kappa shape index (κ2) is 12.2. The molecule has 1 unspecified atom stereocenters. The van der Waals surface area contributed by atoms with Crippen LogP contribution >= 0.6 is 24.0 Å². The van der Waals surface area contributed by atoms with Crippen LogP contribution in [0.2, 0.25) is 0 Å². The van der Waals surface area contributed by atoms with E-state index in [1.165, 1.54) is 0 Å². The van der Waals surface area contributed by atoms with Crippen LogP contribution in [0.25, 0.3) is 0 Å². The molecule has 7 heteroatoms. The van der Waals surface area contributed by atoms with Crippen LogP contribution in [0.15, 0.2) is 23.2 Å². The predicted octanol–water partition coefficient (Wildman–Crippen LogP) is 3.15. The molecular weight excluding hydrogens is 445 g/mol. The smallest absolute Gasteiger partial charge is 0.193 e. The number of halogens is 1. The molecular formula is C19H32IN3O3. The minimum Gasteiger partial charge on any atom is -0.493 e. The summed E-state index contributed by atoms with van der Waals surface area (Å²) < 4.78 is 16.4. The van der Waals surface area contributed by atoms with E-state index in [0.717, 1.165) is 55.6 Å². The molecule has 0 radical (unpaired) electrons. The van der Waals surface area contributed by atoms with Crippen molar-refractivity contribution in [3.63, 3.8) is 0 Å². The lowest BCUT2D eigenvalue weighted by Gasteiger charge is -2.22. The normalized spacial score (nSPS) is 17.0. The highest BCUT2D eigenvalue weighted by Crippen LogP contribution is 2.28. The SMILES string of the molecule is CCCOc1ccc(CNC(=NC)N2CCC(COC)C2)cc1OC.I. The predicted molar refractivity (Wildman–Crippen MR) is 116 cm³/mol. The van der Waals surface area contributed by atoms with Gasteiger partial charge in [-0.2, -0.15) is 0 Å². The molecule has 1 fully saturated rings. The van der Waals surface area contributed by atoms with Gasteiger partial charge in [-0.15, -0.1) is 24.0 Å². The number of rotatable bonds is 8. The first kappa shape index (κ1) is 22.8. The van der Waals surface area contributed by atoms with Crippen molar-refractivity contribution in [2.75, 3.05) is 47.6 Å². The Morgan fingerprint density at radius 2 is 2.12 bits per heavy atom. The van der Waals surface area contributed by atoms with Gasteiger partial charge in [0.05, 0.1) is 20.3 Å². The van der Waals surface area contributed by atoms with E-state index >= 15 is 0 Å². The number of nitrogens with one attached hydrogen (secondary N) is 1. The highest BCUT2D eigenvalue weighted by atomic mass is 127. The van der Waals surface area contributed by atoms with Gasteiger partial charge < -0.3 is 24.4 Å². The number of methoxy groups -OCH3 is 2. The monoisotopic (exact) mass is 477 g/mol. The maximum absolute atomic E-state index is 5.71. The van der Waals surface area contributed by atoms with E-state index in [2.05, 4.69) is 28.2 Å². The van der Waals surface area contributed by atoms with Gasteiger partial charge in [-0.25, -0.2) is 0 Å². The van der Waals surface area contributed by atoms with E-state index in [1.54, 1.807) is 14.2 Å². The van der Waals surface area contributed by atoms with Crippen molar-refractivity contribution < 1.29 is 14.2 Å². The van der Waals surface area contributed by atoms with Gasteiger partial charge in [0.25, 0.3) is 0 Å². The minimum atomic E-state index is 0. The van der Waals surface area contributed by atoms with Crippen molar-refractivity contribution in [2.24, 2.45) is 10.9 Å². The summed E-state index contributed by atoms with van der Waals surface area (Å²) in [6, 6.07) is 6.05. The summed E-state index contributed by atoms with van der Waals surface area (Å²) in [5.41, 5.74) is 1.13. The Balaban J connectivity index is 0.00000338. The van der Waals surface area contributed by atoms with Crippen molar-refractivity contribution in [1.82, 2.24) is 10.2 Å². The van der Waals surface area contributed by atoms with Gasteiger partial charge in [-0.1, -0.05) is 13.0 Å². The number of hydrogen-bond donors (Lipinski definition) is 1. The third kappa shape index (κ3) is 6.50. The van der Waals surface area contributed by atoms with Gasteiger partial charge in [0.15, 0.2) is 17.5 Å². The Labute approximate surface area is 174 Å². The molecule has 1 aromatic carbocycles. The van der Waals surface area contributed by atoms with Crippen LogP contribution in [0.4, 0.5) is 0 Å². The molecule has 0 amide bonds. The molecule has 6 nitrogen and oxygen atoms in total. The maximum Gasteiger partial charge on any atom is 0.193 e. The van der Waals surface area contributed by atoms with Gasteiger partial charge in [-0.05, 0) is 30.5 Å². The summed E-state index contributed by atoms with van der Waals surface area (Å²) in [5, 5.41) is 3.44.